The summed E-state index contributed by atoms with van der Waals surface area (Å²) in [6, 6.07) is 14.9. The molecular formula is C22H26FNO3. The summed E-state index contributed by atoms with van der Waals surface area (Å²) in [5, 5.41) is 11.5. The van der Waals surface area contributed by atoms with Crippen LogP contribution in [0.25, 0.3) is 0 Å². The van der Waals surface area contributed by atoms with Crippen molar-refractivity contribution in [3.05, 3.63) is 65.5 Å². The summed E-state index contributed by atoms with van der Waals surface area (Å²) in [7, 11) is 0. The smallest absolute Gasteiger partial charge is 0.125 e. The number of halogens is 1. The van der Waals surface area contributed by atoms with Crippen molar-refractivity contribution < 1.29 is 19.0 Å². The third-order valence-corrected chi connectivity index (χ3v) is 5.66. The third kappa shape index (κ3) is 3.72. The Balaban J connectivity index is 1.62. The standard InChI is InChI=1S/C22H26FNO3/c1-2-27-21-9-8-17(23)10-20(21)22(25)11-18-14-26-15-19(12-22)24(18)13-16-6-4-3-5-7-16/h3-10,18-19,25H,2,11-15H2,1H3. The van der Waals surface area contributed by atoms with E-state index in [1.54, 1.807) is 6.07 Å². The second kappa shape index (κ2) is 7.58. The van der Waals surface area contributed by atoms with Crippen molar-refractivity contribution in [1.82, 2.24) is 4.90 Å². The Labute approximate surface area is 159 Å². The van der Waals surface area contributed by atoms with Crippen molar-refractivity contribution in [2.24, 2.45) is 0 Å². The van der Waals surface area contributed by atoms with Crippen molar-refractivity contribution >= 4 is 0 Å². The quantitative estimate of drug-likeness (QED) is 0.874. The predicted octanol–water partition coefficient (Wildman–Crippen LogP) is 3.48. The van der Waals surface area contributed by atoms with Crippen LogP contribution >= 0.6 is 0 Å². The highest BCUT2D eigenvalue weighted by molar-refractivity contribution is 5.39. The molecule has 2 fully saturated rings. The van der Waals surface area contributed by atoms with E-state index in [2.05, 4.69) is 17.0 Å². The average Bonchev–Trinajstić information content (AvgIpc) is 2.65. The Morgan fingerprint density at radius 3 is 2.52 bits per heavy atom. The van der Waals surface area contributed by atoms with Gasteiger partial charge < -0.3 is 14.6 Å². The van der Waals surface area contributed by atoms with Crippen LogP contribution in [0.4, 0.5) is 4.39 Å². The Morgan fingerprint density at radius 1 is 1.15 bits per heavy atom. The summed E-state index contributed by atoms with van der Waals surface area (Å²) in [5.41, 5.74) is 0.694. The first kappa shape index (κ1) is 18.4. The second-order valence-corrected chi connectivity index (χ2v) is 7.52. The molecule has 0 radical (unpaired) electrons. The Morgan fingerprint density at radius 2 is 1.85 bits per heavy atom. The number of nitrogens with zero attached hydrogens (tertiary/aromatic N) is 1. The normalized spacial score (nSPS) is 28.1. The summed E-state index contributed by atoms with van der Waals surface area (Å²) in [4.78, 5) is 2.42. The minimum atomic E-state index is -1.11. The minimum Gasteiger partial charge on any atom is -0.493 e. The molecule has 0 amide bonds. The molecule has 2 aromatic carbocycles. The SMILES string of the molecule is CCOc1ccc(F)cc1C1(O)CC2COCC(C1)N2Cc1ccccc1. The highest BCUT2D eigenvalue weighted by Gasteiger charge is 2.48. The third-order valence-electron chi connectivity index (χ3n) is 5.66. The zero-order valence-electron chi connectivity index (χ0n) is 15.6. The van der Waals surface area contributed by atoms with E-state index in [0.29, 0.717) is 44.0 Å². The van der Waals surface area contributed by atoms with Crippen molar-refractivity contribution in [3.63, 3.8) is 0 Å². The monoisotopic (exact) mass is 371 g/mol. The van der Waals surface area contributed by atoms with E-state index in [-0.39, 0.29) is 17.9 Å². The Kier molecular flexibility index (Phi) is 5.17. The van der Waals surface area contributed by atoms with Gasteiger partial charge in [0.25, 0.3) is 0 Å². The van der Waals surface area contributed by atoms with Crippen molar-refractivity contribution in [3.8, 4) is 5.75 Å². The number of benzene rings is 2. The molecule has 4 nitrogen and oxygen atoms in total. The molecule has 4 rings (SSSR count). The van der Waals surface area contributed by atoms with Crippen LogP contribution in [0.1, 0.15) is 30.9 Å². The number of ether oxygens (including phenoxy) is 2. The molecule has 2 aliphatic rings. The number of morpholine rings is 1. The fraction of sp³-hybridized carbons (Fsp3) is 0.455. The van der Waals surface area contributed by atoms with E-state index in [9.17, 15) is 9.50 Å². The maximum atomic E-state index is 14.0. The van der Waals surface area contributed by atoms with E-state index in [4.69, 9.17) is 9.47 Å². The predicted molar refractivity (Wildman–Crippen MR) is 101 cm³/mol. The molecule has 2 bridgehead atoms. The lowest BCUT2D eigenvalue weighted by atomic mass is 9.76. The van der Waals surface area contributed by atoms with E-state index in [1.807, 2.05) is 25.1 Å². The Bertz CT molecular complexity index is 768. The van der Waals surface area contributed by atoms with Crippen LogP contribution < -0.4 is 4.74 Å². The van der Waals surface area contributed by atoms with E-state index < -0.39 is 5.60 Å². The lowest BCUT2D eigenvalue weighted by Crippen LogP contribution is -2.60. The molecule has 2 aliphatic heterocycles. The second-order valence-electron chi connectivity index (χ2n) is 7.52. The molecule has 5 heteroatoms. The molecular weight excluding hydrogens is 345 g/mol. The first-order valence-electron chi connectivity index (χ1n) is 9.61. The Hall–Kier alpha value is -1.95. The fourth-order valence-corrected chi connectivity index (χ4v) is 4.46. The summed E-state index contributed by atoms with van der Waals surface area (Å²) in [6.07, 6.45) is 1.000. The largest absolute Gasteiger partial charge is 0.493 e. The first-order chi connectivity index (χ1) is 13.1. The van der Waals surface area contributed by atoms with Gasteiger partial charge in [0.05, 0.1) is 25.4 Å². The number of piperidine rings is 1. The average molecular weight is 371 g/mol. The summed E-state index contributed by atoms with van der Waals surface area (Å²) >= 11 is 0. The van der Waals surface area contributed by atoms with Gasteiger partial charge in [-0.1, -0.05) is 30.3 Å². The van der Waals surface area contributed by atoms with Crippen LogP contribution in [-0.2, 0) is 16.9 Å². The maximum absolute atomic E-state index is 14.0. The van der Waals surface area contributed by atoms with Gasteiger partial charge in [-0.25, -0.2) is 4.39 Å². The molecule has 1 N–H and O–H groups in total. The van der Waals surface area contributed by atoms with Gasteiger partial charge >= 0.3 is 0 Å². The van der Waals surface area contributed by atoms with Gasteiger partial charge in [-0.2, -0.15) is 0 Å². The molecule has 0 spiro atoms. The van der Waals surface area contributed by atoms with Crippen molar-refractivity contribution in [1.29, 1.82) is 0 Å². The topological polar surface area (TPSA) is 41.9 Å². The number of fused-ring (bicyclic) bond motifs is 2. The number of aliphatic hydroxyl groups is 1. The van der Waals surface area contributed by atoms with Gasteiger partial charge in [0.15, 0.2) is 0 Å². The van der Waals surface area contributed by atoms with Crippen molar-refractivity contribution in [2.45, 2.75) is 44.0 Å². The molecule has 144 valence electrons. The molecule has 2 atom stereocenters. The van der Waals surface area contributed by atoms with Gasteiger partial charge in [0, 0.05) is 24.2 Å². The molecule has 27 heavy (non-hydrogen) atoms. The van der Waals surface area contributed by atoms with Crippen LogP contribution in [-0.4, -0.2) is 41.9 Å². The van der Waals surface area contributed by atoms with Gasteiger partial charge in [-0.05, 0) is 43.5 Å². The number of rotatable bonds is 5. The van der Waals surface area contributed by atoms with Gasteiger partial charge in [0.2, 0.25) is 0 Å². The molecule has 0 aromatic heterocycles. The van der Waals surface area contributed by atoms with E-state index >= 15 is 0 Å². The fourth-order valence-electron chi connectivity index (χ4n) is 4.46. The van der Waals surface area contributed by atoms with Crippen LogP contribution in [0.3, 0.4) is 0 Å². The molecule has 2 aromatic rings. The van der Waals surface area contributed by atoms with Crippen LogP contribution in [0.2, 0.25) is 0 Å². The summed E-state index contributed by atoms with van der Waals surface area (Å²) in [6.45, 7) is 4.35. The first-order valence-corrected chi connectivity index (χ1v) is 9.61. The minimum absolute atomic E-state index is 0.0837. The van der Waals surface area contributed by atoms with E-state index in [1.165, 1.54) is 17.7 Å². The highest BCUT2D eigenvalue weighted by atomic mass is 19.1. The van der Waals surface area contributed by atoms with Gasteiger partial charge in [0.1, 0.15) is 11.6 Å². The van der Waals surface area contributed by atoms with Crippen LogP contribution in [0.5, 0.6) is 5.75 Å². The summed E-state index contributed by atoms with van der Waals surface area (Å²) < 4.78 is 25.4. The zero-order valence-corrected chi connectivity index (χ0v) is 15.6. The van der Waals surface area contributed by atoms with Crippen LogP contribution in [0.15, 0.2) is 48.5 Å². The zero-order chi connectivity index (χ0) is 18.9. The lowest BCUT2D eigenvalue weighted by molar-refractivity contribution is -0.150. The van der Waals surface area contributed by atoms with E-state index in [0.717, 1.165) is 6.54 Å². The molecule has 0 aliphatic carbocycles. The van der Waals surface area contributed by atoms with Crippen LogP contribution in [0, 0.1) is 5.82 Å². The molecule has 2 unspecified atom stereocenters. The van der Waals surface area contributed by atoms with Gasteiger partial charge in [-0.3, -0.25) is 4.90 Å². The van der Waals surface area contributed by atoms with Gasteiger partial charge in [-0.15, -0.1) is 0 Å². The maximum Gasteiger partial charge on any atom is 0.125 e. The number of hydrogen-bond donors (Lipinski definition) is 1. The summed E-state index contributed by atoms with van der Waals surface area (Å²) in [5.74, 6) is 0.215. The molecule has 2 heterocycles. The highest BCUT2D eigenvalue weighted by Crippen LogP contribution is 2.44. The lowest BCUT2D eigenvalue weighted by Gasteiger charge is -2.52. The number of hydrogen-bond acceptors (Lipinski definition) is 4. The molecule has 0 saturated carbocycles. The molecule has 2 saturated heterocycles. The van der Waals surface area contributed by atoms with Crippen molar-refractivity contribution in [2.75, 3.05) is 19.8 Å².